The lowest BCUT2D eigenvalue weighted by Gasteiger charge is -2.36. The zero-order chi connectivity index (χ0) is 18.4. The summed E-state index contributed by atoms with van der Waals surface area (Å²) in [5.74, 6) is -1.48. The van der Waals surface area contributed by atoms with Gasteiger partial charge in [-0.2, -0.15) is 0 Å². The van der Waals surface area contributed by atoms with Crippen LogP contribution in [0.4, 0.5) is 0 Å². The van der Waals surface area contributed by atoms with Crippen LogP contribution in [0.3, 0.4) is 0 Å². The molecule has 24 heavy (non-hydrogen) atoms. The van der Waals surface area contributed by atoms with E-state index in [2.05, 4.69) is 10.3 Å². The maximum Gasteiger partial charge on any atom is 0.384 e. The minimum Gasteiger partial charge on any atom is -0.479 e. The van der Waals surface area contributed by atoms with Crippen molar-refractivity contribution in [2.24, 2.45) is 10.3 Å². The summed E-state index contributed by atoms with van der Waals surface area (Å²) in [5.41, 5.74) is -3.59. The second kappa shape index (κ2) is 7.77. The molecule has 0 saturated carbocycles. The molecule has 1 rings (SSSR count). The molecule has 0 aliphatic carbocycles. The van der Waals surface area contributed by atoms with Crippen molar-refractivity contribution >= 4 is 17.9 Å². The fourth-order valence-corrected chi connectivity index (χ4v) is 2.34. The Hall–Kier alpha value is -2.63. The van der Waals surface area contributed by atoms with Gasteiger partial charge >= 0.3 is 17.9 Å². The van der Waals surface area contributed by atoms with E-state index < -0.39 is 29.0 Å². The van der Waals surface area contributed by atoms with Crippen LogP contribution in [0.5, 0.6) is 0 Å². The quantitative estimate of drug-likeness (QED) is 0.278. The number of carbonyl (C=O) groups excluding carboxylic acids is 1. The SMILES string of the molecule is C#CC(=O)OCCCCCCN1N=NC(C)(C(=O)O)C1(C)C(=O)O. The molecule has 9 heteroatoms. The summed E-state index contributed by atoms with van der Waals surface area (Å²) in [6.07, 6.45) is 7.58. The molecule has 0 saturated heterocycles. The highest BCUT2D eigenvalue weighted by Gasteiger charge is 2.64. The first-order valence-electron chi connectivity index (χ1n) is 7.50. The molecule has 0 spiro atoms. The van der Waals surface area contributed by atoms with Crippen molar-refractivity contribution in [1.82, 2.24) is 5.01 Å². The van der Waals surface area contributed by atoms with E-state index in [1.54, 1.807) is 0 Å². The van der Waals surface area contributed by atoms with E-state index in [0.29, 0.717) is 12.8 Å². The number of terminal acetylenes is 1. The molecule has 0 aromatic heterocycles. The lowest BCUT2D eigenvalue weighted by atomic mass is 9.80. The van der Waals surface area contributed by atoms with Gasteiger partial charge in [-0.05, 0) is 33.1 Å². The highest BCUT2D eigenvalue weighted by molar-refractivity contribution is 5.92. The van der Waals surface area contributed by atoms with Gasteiger partial charge in [0.05, 0.1) is 6.61 Å². The summed E-state index contributed by atoms with van der Waals surface area (Å²) in [5, 5.41) is 27.4. The Balaban J connectivity index is 2.47. The third-order valence-corrected chi connectivity index (χ3v) is 4.26. The standard InChI is InChI=1S/C15H21N3O6/c1-4-11(19)24-10-8-6-5-7-9-18-15(3,13(22)23)14(2,12(20)21)16-17-18/h1H,5-10H2,2-3H3,(H,20,21)(H,22,23). The number of hydrogen-bond acceptors (Lipinski definition) is 7. The monoisotopic (exact) mass is 339 g/mol. The maximum absolute atomic E-state index is 11.6. The van der Waals surface area contributed by atoms with E-state index in [1.165, 1.54) is 18.9 Å². The van der Waals surface area contributed by atoms with Gasteiger partial charge in [0, 0.05) is 12.5 Å². The Kier molecular flexibility index (Phi) is 6.28. The fourth-order valence-electron chi connectivity index (χ4n) is 2.34. The number of carboxylic acids is 2. The molecule has 1 aliphatic rings. The Labute approximate surface area is 139 Å². The Morgan fingerprint density at radius 1 is 1.12 bits per heavy atom. The fraction of sp³-hybridized carbons (Fsp3) is 0.667. The van der Waals surface area contributed by atoms with Crippen LogP contribution < -0.4 is 0 Å². The first kappa shape index (κ1) is 19.4. The molecule has 1 heterocycles. The molecule has 0 amide bonds. The first-order chi connectivity index (χ1) is 11.2. The van der Waals surface area contributed by atoms with Gasteiger partial charge in [-0.1, -0.05) is 11.6 Å². The lowest BCUT2D eigenvalue weighted by Crippen LogP contribution is -2.63. The summed E-state index contributed by atoms with van der Waals surface area (Å²) in [7, 11) is 0. The van der Waals surface area contributed by atoms with Crippen LogP contribution in [0.15, 0.2) is 10.3 Å². The molecular weight excluding hydrogens is 318 g/mol. The van der Waals surface area contributed by atoms with Crippen molar-refractivity contribution in [3.63, 3.8) is 0 Å². The molecule has 132 valence electrons. The zero-order valence-corrected chi connectivity index (χ0v) is 13.7. The van der Waals surface area contributed by atoms with Crippen LogP contribution in [0.25, 0.3) is 0 Å². The van der Waals surface area contributed by atoms with Gasteiger partial charge in [0.1, 0.15) is 0 Å². The summed E-state index contributed by atoms with van der Waals surface area (Å²) in [6, 6.07) is 0. The summed E-state index contributed by atoms with van der Waals surface area (Å²) in [6.45, 7) is 3.05. The molecule has 1 aliphatic heterocycles. The molecule has 0 fully saturated rings. The van der Waals surface area contributed by atoms with E-state index in [4.69, 9.17) is 11.2 Å². The molecule has 0 radical (unpaired) electrons. The van der Waals surface area contributed by atoms with Gasteiger partial charge in [0.2, 0.25) is 5.54 Å². The highest BCUT2D eigenvalue weighted by Crippen LogP contribution is 2.39. The number of carbonyl (C=O) groups is 3. The molecule has 2 atom stereocenters. The van der Waals surface area contributed by atoms with Gasteiger partial charge in [-0.3, -0.25) is 5.01 Å². The van der Waals surface area contributed by atoms with E-state index in [9.17, 15) is 24.6 Å². The van der Waals surface area contributed by atoms with E-state index >= 15 is 0 Å². The molecule has 0 aromatic rings. The van der Waals surface area contributed by atoms with Crippen molar-refractivity contribution in [2.75, 3.05) is 13.2 Å². The second-order valence-corrected chi connectivity index (χ2v) is 5.76. The van der Waals surface area contributed by atoms with Gasteiger partial charge < -0.3 is 14.9 Å². The highest BCUT2D eigenvalue weighted by atomic mass is 16.5. The Morgan fingerprint density at radius 3 is 2.29 bits per heavy atom. The smallest absolute Gasteiger partial charge is 0.384 e. The van der Waals surface area contributed by atoms with Crippen LogP contribution in [0.1, 0.15) is 39.5 Å². The number of hydrogen-bond donors (Lipinski definition) is 2. The van der Waals surface area contributed by atoms with Crippen molar-refractivity contribution in [3.05, 3.63) is 0 Å². The van der Waals surface area contributed by atoms with Gasteiger partial charge in [-0.15, -0.1) is 11.5 Å². The molecular formula is C15H21N3O6. The molecule has 0 bridgehead atoms. The van der Waals surface area contributed by atoms with Crippen molar-refractivity contribution in [2.45, 2.75) is 50.6 Å². The summed E-state index contributed by atoms with van der Waals surface area (Å²) in [4.78, 5) is 33.8. The Bertz CT molecular complexity index is 584. The number of nitrogens with zero attached hydrogens (tertiary/aromatic N) is 3. The predicted octanol–water partition coefficient (Wildman–Crippen LogP) is 1.09. The zero-order valence-electron chi connectivity index (χ0n) is 13.7. The van der Waals surface area contributed by atoms with Crippen molar-refractivity contribution in [1.29, 1.82) is 0 Å². The largest absolute Gasteiger partial charge is 0.479 e. The number of esters is 1. The molecule has 0 aromatic carbocycles. The van der Waals surface area contributed by atoms with E-state index in [0.717, 1.165) is 12.8 Å². The molecule has 9 nitrogen and oxygen atoms in total. The van der Waals surface area contributed by atoms with Crippen LogP contribution in [-0.4, -0.2) is 57.4 Å². The number of ether oxygens (including phenoxy) is 1. The average Bonchev–Trinajstić information content (AvgIpc) is 2.80. The Morgan fingerprint density at radius 2 is 1.75 bits per heavy atom. The first-order valence-corrected chi connectivity index (χ1v) is 7.50. The number of aliphatic carboxylic acids is 2. The number of unbranched alkanes of at least 4 members (excludes halogenated alkanes) is 3. The molecule has 2 N–H and O–H groups in total. The van der Waals surface area contributed by atoms with Crippen LogP contribution in [0.2, 0.25) is 0 Å². The van der Waals surface area contributed by atoms with Crippen LogP contribution >= 0.6 is 0 Å². The lowest BCUT2D eigenvalue weighted by molar-refractivity contribution is -0.162. The number of carboxylic acid groups (broad SMARTS) is 2. The van der Waals surface area contributed by atoms with Crippen LogP contribution in [-0.2, 0) is 19.1 Å². The van der Waals surface area contributed by atoms with Gasteiger partial charge in [0.25, 0.3) is 0 Å². The van der Waals surface area contributed by atoms with E-state index in [-0.39, 0.29) is 13.2 Å². The van der Waals surface area contributed by atoms with E-state index in [1.807, 2.05) is 5.92 Å². The maximum atomic E-state index is 11.6. The summed E-state index contributed by atoms with van der Waals surface area (Å²) >= 11 is 0. The normalized spacial score (nSPS) is 25.3. The second-order valence-electron chi connectivity index (χ2n) is 5.76. The minimum absolute atomic E-state index is 0.233. The van der Waals surface area contributed by atoms with Gasteiger partial charge in [-0.25, -0.2) is 14.4 Å². The third kappa shape index (κ3) is 3.64. The minimum atomic E-state index is -1.84. The summed E-state index contributed by atoms with van der Waals surface area (Å²) < 4.78 is 4.73. The van der Waals surface area contributed by atoms with Crippen molar-refractivity contribution in [3.8, 4) is 12.3 Å². The topological polar surface area (TPSA) is 129 Å². The van der Waals surface area contributed by atoms with Crippen molar-refractivity contribution < 1.29 is 29.3 Å². The van der Waals surface area contributed by atoms with Gasteiger partial charge in [0.15, 0.2) is 5.54 Å². The predicted molar refractivity (Wildman–Crippen MR) is 81.9 cm³/mol. The van der Waals surface area contributed by atoms with Crippen LogP contribution in [0, 0.1) is 12.3 Å². The average molecular weight is 339 g/mol. The third-order valence-electron chi connectivity index (χ3n) is 4.26. The molecule has 2 unspecified atom stereocenters. The number of rotatable bonds is 9.